The zero-order chi connectivity index (χ0) is 45.8. The number of nitrogens with one attached hydrogen (secondary N) is 4. The fraction of sp³-hybridized carbons (Fsp3) is 0.325. The van der Waals surface area contributed by atoms with Gasteiger partial charge in [0, 0.05) is 54.3 Å². The van der Waals surface area contributed by atoms with E-state index < -0.39 is 72.7 Å². The molecule has 2 aliphatic heterocycles. The van der Waals surface area contributed by atoms with Crippen LogP contribution in [0.1, 0.15) is 17.3 Å². The molecule has 0 spiro atoms. The maximum absolute atomic E-state index is 12.7. The number of thiocarbonyl (C=S) groups is 1. The minimum absolute atomic E-state index is 0.00131. The SMILES string of the molecule is CC(=O)N[C@H]1C([C@@H](OC(=O)NCCOCCOCCNC(=S)Nc2ccc(-c3c4ccc(=O)cc-4oc4cc(O)ccc34)c(C(=O)O)c2)[C@H](O)CO)OC(C(=O)O)=C[C@@H]1N=C(N)N. The van der Waals surface area contributed by atoms with Crippen LogP contribution in [0.3, 0.4) is 0 Å². The van der Waals surface area contributed by atoms with Crippen molar-refractivity contribution in [2.75, 3.05) is 51.4 Å². The van der Waals surface area contributed by atoms with Gasteiger partial charge in [-0.15, -0.1) is 0 Å². The van der Waals surface area contributed by atoms with Crippen molar-refractivity contribution in [1.29, 1.82) is 0 Å². The summed E-state index contributed by atoms with van der Waals surface area (Å²) in [5, 5.41) is 61.6. The van der Waals surface area contributed by atoms with Crippen molar-refractivity contribution in [2.24, 2.45) is 16.5 Å². The number of carbonyl (C=O) groups excluding carboxylic acids is 2. The Bertz CT molecular complexity index is 2420. The highest BCUT2D eigenvalue weighted by atomic mass is 32.1. The highest BCUT2D eigenvalue weighted by Crippen LogP contribution is 2.42. The molecule has 1 unspecified atom stereocenters. The van der Waals surface area contributed by atoms with Gasteiger partial charge in [-0.25, -0.2) is 19.4 Å². The van der Waals surface area contributed by atoms with Crippen LogP contribution in [0.2, 0.25) is 0 Å². The molecule has 1 aliphatic carbocycles. The second-order valence-electron chi connectivity index (χ2n) is 13.7. The molecule has 2 aromatic rings. The molecule has 0 saturated heterocycles. The molecule has 0 aromatic heterocycles. The first-order chi connectivity index (χ1) is 30.1. The highest BCUT2D eigenvalue weighted by Gasteiger charge is 2.46. The maximum Gasteiger partial charge on any atom is 0.407 e. The van der Waals surface area contributed by atoms with Crippen molar-refractivity contribution in [3.05, 3.63) is 82.2 Å². The highest BCUT2D eigenvalue weighted by molar-refractivity contribution is 7.80. The standard InChI is InChI=1S/C40H45N7O15S/c1-19(49)45-33-27(47-38(41)42)17-31(37(55)56)61-35(33)34(28(52)18-48)62-40(57)44-9-11-59-13-12-58-10-8-43-39(63)46-20-2-5-23(26(14-20)36(53)54)32-24-6-3-21(50)15-29(24)60-30-16-22(51)4-7-25(30)32/h2-7,14-17,27-28,33-35,48,50,52H,8-13,18H2,1H3,(H,44,57)(H,45,49)(H,53,54)(H,55,56)(H4,41,42,47)(H2,43,46,63)/t27-,28+,33+,34-,35?/m0/s1. The van der Waals surface area contributed by atoms with Gasteiger partial charge in [0.1, 0.15) is 23.2 Å². The number of nitrogens with zero attached hydrogens (tertiary/aromatic N) is 1. The number of aliphatic imine (C=N–C) groups is 1. The second kappa shape index (κ2) is 21.7. The predicted octanol–water partition coefficient (Wildman–Crippen LogP) is 0.250. The quantitative estimate of drug-likeness (QED) is 0.0198. The van der Waals surface area contributed by atoms with E-state index in [1.807, 2.05) is 0 Å². The van der Waals surface area contributed by atoms with Crippen LogP contribution in [-0.4, -0.2) is 137 Å². The van der Waals surface area contributed by atoms with E-state index in [4.69, 9.17) is 47.0 Å². The van der Waals surface area contributed by atoms with Crippen LogP contribution >= 0.6 is 12.2 Å². The number of carbonyl (C=O) groups is 4. The topological polar surface area (TPSA) is 349 Å². The number of aromatic hydroxyl groups is 1. The van der Waals surface area contributed by atoms with Gasteiger partial charge in [-0.2, -0.15) is 0 Å². The van der Waals surface area contributed by atoms with E-state index in [9.17, 15) is 49.5 Å². The lowest BCUT2D eigenvalue weighted by atomic mass is 9.90. The summed E-state index contributed by atoms with van der Waals surface area (Å²) in [5.41, 5.74) is 12.6. The minimum atomic E-state index is -1.79. The number of fused-ring (bicyclic) bond motifs is 2. The summed E-state index contributed by atoms with van der Waals surface area (Å²) < 4.78 is 27.7. The molecule has 0 fully saturated rings. The number of aliphatic hydroxyl groups is 2. The van der Waals surface area contributed by atoms with Gasteiger partial charge >= 0.3 is 18.0 Å². The summed E-state index contributed by atoms with van der Waals surface area (Å²) in [7, 11) is 0. The Balaban J connectivity index is 1.06. The Morgan fingerprint density at radius 2 is 1.62 bits per heavy atom. The van der Waals surface area contributed by atoms with Gasteiger partial charge in [0.05, 0.1) is 50.7 Å². The molecule has 3 aliphatic rings. The van der Waals surface area contributed by atoms with Crippen LogP contribution in [0.5, 0.6) is 5.75 Å². The summed E-state index contributed by atoms with van der Waals surface area (Å²) in [6, 6.07) is 10.9. The van der Waals surface area contributed by atoms with E-state index in [2.05, 4.69) is 26.3 Å². The van der Waals surface area contributed by atoms with Crippen molar-refractivity contribution >= 4 is 63.9 Å². The van der Waals surface area contributed by atoms with Gasteiger partial charge in [0.15, 0.2) is 28.7 Å². The van der Waals surface area contributed by atoms with Gasteiger partial charge in [-0.3, -0.25) is 9.59 Å². The van der Waals surface area contributed by atoms with Crippen LogP contribution in [0.15, 0.2) is 80.6 Å². The van der Waals surface area contributed by atoms with Crippen LogP contribution in [0.4, 0.5) is 10.5 Å². The van der Waals surface area contributed by atoms with Gasteiger partial charge in [-0.05, 0) is 60.3 Å². The van der Waals surface area contributed by atoms with Gasteiger partial charge < -0.3 is 81.6 Å². The number of aliphatic hydroxyl groups excluding tert-OH is 2. The number of phenolic OH excluding ortho intramolecular Hbond substituents is 1. The Hall–Kier alpha value is -7.05. The van der Waals surface area contributed by atoms with E-state index >= 15 is 0 Å². The van der Waals surface area contributed by atoms with E-state index in [0.29, 0.717) is 27.8 Å². The molecular weight excluding hydrogens is 851 g/mol. The molecule has 23 heteroatoms. The lowest BCUT2D eigenvalue weighted by molar-refractivity contribution is -0.146. The van der Waals surface area contributed by atoms with Gasteiger partial charge in [-0.1, -0.05) is 6.07 Å². The molecule has 0 saturated carbocycles. The molecule has 0 radical (unpaired) electrons. The Labute approximate surface area is 362 Å². The molecule has 336 valence electrons. The number of hydrogen-bond donors (Lipinski definition) is 11. The second-order valence-corrected chi connectivity index (χ2v) is 14.1. The van der Waals surface area contributed by atoms with Crippen LogP contribution in [0, 0.1) is 0 Å². The van der Waals surface area contributed by atoms with Gasteiger partial charge in [0.2, 0.25) is 11.7 Å². The number of aliphatic carboxylic acids is 1. The van der Waals surface area contributed by atoms with Crippen molar-refractivity contribution in [1.82, 2.24) is 16.0 Å². The van der Waals surface area contributed by atoms with Crippen LogP contribution in [-0.2, 0) is 28.5 Å². The van der Waals surface area contributed by atoms with Gasteiger partial charge in [0.25, 0.3) is 0 Å². The van der Waals surface area contributed by atoms with Crippen molar-refractivity contribution in [3.63, 3.8) is 0 Å². The Morgan fingerprint density at radius 3 is 2.27 bits per heavy atom. The molecule has 2 heterocycles. The third-order valence-electron chi connectivity index (χ3n) is 9.19. The monoisotopic (exact) mass is 895 g/mol. The van der Waals surface area contributed by atoms with Crippen LogP contribution in [0.25, 0.3) is 33.4 Å². The summed E-state index contributed by atoms with van der Waals surface area (Å²) in [6.45, 7) is 0.898. The number of ether oxygens (including phenoxy) is 4. The molecule has 63 heavy (non-hydrogen) atoms. The third kappa shape index (κ3) is 12.5. The normalized spacial score (nSPS) is 16.7. The number of hydrogen-bond acceptors (Lipinski definition) is 15. The number of aromatic carboxylic acids is 1. The van der Waals surface area contributed by atoms with Crippen molar-refractivity contribution < 1.29 is 68.1 Å². The maximum atomic E-state index is 12.7. The van der Waals surface area contributed by atoms with E-state index in [0.717, 1.165) is 13.0 Å². The molecule has 22 nitrogen and oxygen atoms in total. The van der Waals surface area contributed by atoms with Crippen LogP contribution < -0.4 is 38.2 Å². The van der Waals surface area contributed by atoms with Crippen molar-refractivity contribution in [2.45, 2.75) is 37.3 Å². The first-order valence-electron chi connectivity index (χ1n) is 19.0. The lowest BCUT2D eigenvalue weighted by Gasteiger charge is -2.39. The number of nitrogens with two attached hydrogens (primary N) is 2. The Morgan fingerprint density at radius 1 is 0.921 bits per heavy atom. The first-order valence-corrected chi connectivity index (χ1v) is 19.5. The molecule has 0 bridgehead atoms. The lowest BCUT2D eigenvalue weighted by Crippen LogP contribution is -2.61. The average Bonchev–Trinajstić information content (AvgIpc) is 3.22. The minimum Gasteiger partial charge on any atom is -0.508 e. The zero-order valence-corrected chi connectivity index (χ0v) is 34.3. The van der Waals surface area contributed by atoms with Crippen molar-refractivity contribution in [3.8, 4) is 28.2 Å². The fourth-order valence-electron chi connectivity index (χ4n) is 6.56. The first kappa shape index (κ1) is 47.0. The smallest absolute Gasteiger partial charge is 0.407 e. The van der Waals surface area contributed by atoms with E-state index in [1.54, 1.807) is 24.3 Å². The summed E-state index contributed by atoms with van der Waals surface area (Å²) in [5.74, 6) is -4.32. The van der Waals surface area contributed by atoms with E-state index in [-0.39, 0.29) is 72.7 Å². The molecule has 2 amide bonds. The predicted molar refractivity (Wildman–Crippen MR) is 228 cm³/mol. The number of benzene rings is 3. The molecule has 5 rings (SSSR count). The average molecular weight is 896 g/mol. The summed E-state index contributed by atoms with van der Waals surface area (Å²) >= 11 is 5.38. The fourth-order valence-corrected chi connectivity index (χ4v) is 6.78. The number of carboxylic acids is 2. The number of carboxylic acid groups (broad SMARTS) is 2. The zero-order valence-electron chi connectivity index (χ0n) is 33.4. The van der Waals surface area contributed by atoms with E-state index in [1.165, 1.54) is 30.3 Å². The summed E-state index contributed by atoms with van der Waals surface area (Å²) in [6.07, 6.45) is -5.13. The molecule has 5 atom stereocenters. The number of alkyl carbamates (subject to hydrolysis) is 1. The molecular formula is C40H45N7O15S. The number of guanidine groups is 1. The Kier molecular flexibility index (Phi) is 16.2. The molecule has 2 aromatic carbocycles. The third-order valence-corrected chi connectivity index (χ3v) is 9.44. The largest absolute Gasteiger partial charge is 0.508 e. The molecule has 13 N–H and O–H groups in total. The number of amides is 2. The summed E-state index contributed by atoms with van der Waals surface area (Å²) in [4.78, 5) is 65.1. The number of phenols is 1. The number of anilines is 1. The number of rotatable bonds is 19.